The van der Waals surface area contributed by atoms with E-state index in [1.165, 1.54) is 28.0 Å². The van der Waals surface area contributed by atoms with Crippen LogP contribution in [0.4, 0.5) is 5.13 Å². The third-order valence-corrected chi connectivity index (χ3v) is 9.69. The van der Waals surface area contributed by atoms with Gasteiger partial charge >= 0.3 is 5.91 Å². The zero-order valence-corrected chi connectivity index (χ0v) is 27.4. The number of aromatic nitrogens is 2. The number of nitrogens with zero attached hydrogens (tertiary/aromatic N) is 3. The Labute approximate surface area is 278 Å². The van der Waals surface area contributed by atoms with Gasteiger partial charge in [-0.3, -0.25) is 14.5 Å². The highest BCUT2D eigenvalue weighted by atomic mass is 35.5. The molecule has 46 heavy (non-hydrogen) atoms. The van der Waals surface area contributed by atoms with E-state index in [1.54, 1.807) is 36.4 Å². The Bertz CT molecular complexity index is 1810. The number of ether oxygens (including phenoxy) is 4. The molecular weight excluding hydrogens is 650 g/mol. The molecule has 3 aromatic carbocycles. The molecule has 6 rings (SSSR count). The number of halogens is 1. The van der Waals surface area contributed by atoms with Gasteiger partial charge in [0.2, 0.25) is 5.13 Å². The second kappa shape index (κ2) is 14.0. The van der Waals surface area contributed by atoms with E-state index in [0.717, 1.165) is 12.0 Å². The van der Waals surface area contributed by atoms with Crippen LogP contribution >= 0.6 is 34.7 Å². The number of carbonyl (C=O) groups excluding carboxylic acids is 2. The van der Waals surface area contributed by atoms with Gasteiger partial charge in [-0.15, -0.1) is 10.2 Å². The first-order valence-corrected chi connectivity index (χ1v) is 16.9. The molecule has 2 aliphatic rings. The second-order valence-corrected chi connectivity index (χ2v) is 12.8. The van der Waals surface area contributed by atoms with Crippen molar-refractivity contribution in [2.24, 2.45) is 0 Å². The number of Topliss-reactive ketones (excluding diaryl/α,β-unsaturated/α-hetero) is 1. The molecule has 0 radical (unpaired) electrons. The lowest BCUT2D eigenvalue weighted by Gasteiger charge is -2.24. The third-order valence-electron chi connectivity index (χ3n) is 7.22. The lowest BCUT2D eigenvalue weighted by atomic mass is 9.95. The summed E-state index contributed by atoms with van der Waals surface area (Å²) in [6.45, 7) is 5.47. The average molecular weight is 680 g/mol. The van der Waals surface area contributed by atoms with Crippen LogP contribution in [0.25, 0.3) is 5.76 Å². The van der Waals surface area contributed by atoms with E-state index in [-0.39, 0.29) is 16.5 Å². The van der Waals surface area contributed by atoms with Gasteiger partial charge in [-0.1, -0.05) is 65.9 Å². The van der Waals surface area contributed by atoms with E-state index in [9.17, 15) is 14.7 Å². The number of aliphatic hydroxyl groups excluding tert-OH is 1. The van der Waals surface area contributed by atoms with Crippen molar-refractivity contribution in [1.82, 2.24) is 10.2 Å². The Hall–Kier alpha value is -4.26. The number of benzene rings is 3. The highest BCUT2D eigenvalue weighted by Crippen LogP contribution is 2.46. The zero-order chi connectivity index (χ0) is 32.2. The van der Waals surface area contributed by atoms with Gasteiger partial charge in [0.15, 0.2) is 27.3 Å². The summed E-state index contributed by atoms with van der Waals surface area (Å²) in [7, 11) is 0. The standard InChI is InChI=1S/C33H30ClN3O7S2/c1-3-13-42-23-11-9-19(16-25(23)41-4-2)28-27(29(38)20-10-12-24-26(17-20)44-15-14-43-24)30(39)31(40)37(28)32-35-36-33(46-32)45-18-21-7-5-6-8-22(21)34/h5-12,16-17,28,38H,3-4,13-15,18H2,1-2H3/b29-27+/t28-/m1/s1. The van der Waals surface area contributed by atoms with Gasteiger partial charge in [-0.05, 0) is 60.9 Å². The van der Waals surface area contributed by atoms with Crippen LogP contribution < -0.4 is 23.8 Å². The van der Waals surface area contributed by atoms with E-state index in [1.807, 2.05) is 38.1 Å². The second-order valence-electron chi connectivity index (χ2n) is 10.2. The minimum Gasteiger partial charge on any atom is -0.507 e. The van der Waals surface area contributed by atoms with E-state index in [0.29, 0.717) is 75.7 Å². The summed E-state index contributed by atoms with van der Waals surface area (Å²) in [6.07, 6.45) is 0.802. The van der Waals surface area contributed by atoms with E-state index < -0.39 is 17.7 Å². The molecule has 1 N–H and O–H groups in total. The summed E-state index contributed by atoms with van der Waals surface area (Å²) in [5.41, 5.74) is 1.64. The van der Waals surface area contributed by atoms with E-state index in [2.05, 4.69) is 10.2 Å². The van der Waals surface area contributed by atoms with Gasteiger partial charge in [0.25, 0.3) is 5.78 Å². The molecule has 0 saturated carbocycles. The smallest absolute Gasteiger partial charge is 0.301 e. The van der Waals surface area contributed by atoms with Crippen molar-refractivity contribution in [3.05, 3.63) is 87.9 Å². The van der Waals surface area contributed by atoms with Crippen LogP contribution in [0.3, 0.4) is 0 Å². The molecule has 1 aromatic heterocycles. The number of rotatable bonds is 11. The minimum atomic E-state index is -1.04. The zero-order valence-electron chi connectivity index (χ0n) is 25.0. The number of aliphatic hydroxyl groups is 1. The van der Waals surface area contributed by atoms with Crippen LogP contribution in [-0.2, 0) is 15.3 Å². The predicted molar refractivity (Wildman–Crippen MR) is 177 cm³/mol. The van der Waals surface area contributed by atoms with Gasteiger partial charge in [0.1, 0.15) is 19.0 Å². The number of thioether (sulfide) groups is 1. The maximum Gasteiger partial charge on any atom is 0.301 e. The molecule has 2 aliphatic heterocycles. The number of hydrogen-bond acceptors (Lipinski definition) is 11. The van der Waals surface area contributed by atoms with Gasteiger partial charge < -0.3 is 24.1 Å². The molecule has 1 amide bonds. The van der Waals surface area contributed by atoms with Crippen molar-refractivity contribution in [2.75, 3.05) is 31.3 Å². The van der Waals surface area contributed by atoms with Crippen LogP contribution in [0, 0.1) is 0 Å². The summed E-state index contributed by atoms with van der Waals surface area (Å²) in [5, 5.41) is 21.1. The first-order valence-electron chi connectivity index (χ1n) is 14.7. The Morgan fingerprint density at radius 1 is 1.02 bits per heavy atom. The SMILES string of the molecule is CCCOc1ccc([C@@H]2/C(=C(\O)c3ccc4c(c3)OCCO4)C(=O)C(=O)N2c2nnc(SCc3ccccc3Cl)s2)cc1OCC. The van der Waals surface area contributed by atoms with Crippen molar-refractivity contribution in [2.45, 2.75) is 36.4 Å². The molecule has 0 unspecified atom stereocenters. The van der Waals surface area contributed by atoms with Crippen molar-refractivity contribution < 1.29 is 33.6 Å². The molecule has 1 fully saturated rings. The molecule has 0 spiro atoms. The summed E-state index contributed by atoms with van der Waals surface area (Å²) < 4.78 is 23.7. The Morgan fingerprint density at radius 3 is 2.61 bits per heavy atom. The summed E-state index contributed by atoms with van der Waals surface area (Å²) in [6, 6.07) is 16.6. The number of carbonyl (C=O) groups is 2. The molecule has 0 bridgehead atoms. The van der Waals surface area contributed by atoms with Crippen molar-refractivity contribution in [3.8, 4) is 23.0 Å². The number of hydrogen-bond donors (Lipinski definition) is 1. The normalized spacial score (nSPS) is 16.9. The van der Waals surface area contributed by atoms with Crippen molar-refractivity contribution >= 4 is 57.3 Å². The molecule has 238 valence electrons. The van der Waals surface area contributed by atoms with Gasteiger partial charge in [-0.25, -0.2) is 0 Å². The molecule has 1 saturated heterocycles. The lowest BCUT2D eigenvalue weighted by Crippen LogP contribution is -2.29. The Kier molecular flexibility index (Phi) is 9.67. The van der Waals surface area contributed by atoms with Gasteiger partial charge in [-0.2, -0.15) is 0 Å². The fourth-order valence-corrected chi connectivity index (χ4v) is 7.25. The van der Waals surface area contributed by atoms with Gasteiger partial charge in [0, 0.05) is 16.3 Å². The molecule has 13 heteroatoms. The first-order chi connectivity index (χ1) is 22.4. The van der Waals surface area contributed by atoms with Crippen LogP contribution in [0.2, 0.25) is 5.02 Å². The fraction of sp³-hybridized carbons (Fsp3) is 0.273. The third kappa shape index (κ3) is 6.37. The lowest BCUT2D eigenvalue weighted by molar-refractivity contribution is -0.132. The predicted octanol–water partition coefficient (Wildman–Crippen LogP) is 7.07. The molecule has 4 aromatic rings. The fourth-order valence-electron chi connectivity index (χ4n) is 5.10. The van der Waals surface area contributed by atoms with Crippen molar-refractivity contribution in [3.63, 3.8) is 0 Å². The first kappa shape index (κ1) is 31.7. The summed E-state index contributed by atoms with van der Waals surface area (Å²) in [5.74, 6) is 0.426. The molecule has 10 nitrogen and oxygen atoms in total. The van der Waals surface area contributed by atoms with Crippen LogP contribution in [0.15, 0.2) is 70.6 Å². The topological polar surface area (TPSA) is 120 Å². The highest BCUT2D eigenvalue weighted by Gasteiger charge is 2.48. The van der Waals surface area contributed by atoms with E-state index in [4.69, 9.17) is 30.5 Å². The Balaban J connectivity index is 1.43. The largest absolute Gasteiger partial charge is 0.507 e. The maximum atomic E-state index is 13.8. The van der Waals surface area contributed by atoms with Gasteiger partial charge in [0.05, 0.1) is 24.8 Å². The van der Waals surface area contributed by atoms with Crippen LogP contribution in [0.1, 0.15) is 43.0 Å². The monoisotopic (exact) mass is 679 g/mol. The highest BCUT2D eigenvalue weighted by molar-refractivity contribution is 8.00. The quantitative estimate of drug-likeness (QED) is 0.0579. The minimum absolute atomic E-state index is 0.105. The number of anilines is 1. The Morgan fingerprint density at radius 2 is 1.83 bits per heavy atom. The summed E-state index contributed by atoms with van der Waals surface area (Å²) in [4.78, 5) is 28.8. The number of fused-ring (bicyclic) bond motifs is 1. The molecule has 0 aliphatic carbocycles. The maximum absolute atomic E-state index is 13.8. The molecular formula is C33H30ClN3O7S2. The number of amides is 1. The average Bonchev–Trinajstić information content (AvgIpc) is 3.64. The van der Waals surface area contributed by atoms with Crippen molar-refractivity contribution in [1.29, 1.82) is 0 Å². The summed E-state index contributed by atoms with van der Waals surface area (Å²) >= 11 is 8.92. The molecule has 1 atom stereocenters. The van der Waals surface area contributed by atoms with E-state index >= 15 is 0 Å². The number of ketones is 1. The molecule has 3 heterocycles. The van der Waals surface area contributed by atoms with Crippen LogP contribution in [0.5, 0.6) is 23.0 Å². The van der Waals surface area contributed by atoms with Crippen LogP contribution in [-0.4, -0.2) is 53.4 Å².